The van der Waals surface area contributed by atoms with Crippen molar-refractivity contribution in [2.24, 2.45) is 0 Å². The molecular weight excluding hydrogens is 478 g/mol. The second kappa shape index (κ2) is 11.8. The van der Waals surface area contributed by atoms with E-state index in [4.69, 9.17) is 26.1 Å². The largest absolute Gasteiger partial charge is 0.481 e. The van der Waals surface area contributed by atoms with Crippen LogP contribution in [0, 0.1) is 6.92 Å². The van der Waals surface area contributed by atoms with Gasteiger partial charge in [0, 0.05) is 22.2 Å². The van der Waals surface area contributed by atoms with Crippen LogP contribution < -0.4 is 4.74 Å². The number of benzene rings is 2. The van der Waals surface area contributed by atoms with Crippen LogP contribution in [0.2, 0.25) is 5.02 Å². The number of pyridine rings is 1. The zero-order valence-electron chi connectivity index (χ0n) is 20.5. The molecule has 0 aliphatic carbocycles. The average Bonchev–Trinajstić information content (AvgIpc) is 3.16. The Morgan fingerprint density at radius 1 is 1.00 bits per heavy atom. The first-order chi connectivity index (χ1) is 16.9. The van der Waals surface area contributed by atoms with Gasteiger partial charge in [-0.1, -0.05) is 73.6 Å². The number of rotatable bonds is 10. The molecule has 0 unspecified atom stereocenters. The molecule has 7 heteroatoms. The maximum Gasteiger partial charge on any atom is 0.212 e. The van der Waals surface area contributed by atoms with Gasteiger partial charge >= 0.3 is 0 Å². The number of ether oxygens (including phenoxy) is 2. The molecule has 182 valence electrons. The van der Waals surface area contributed by atoms with Crippen molar-refractivity contribution in [2.45, 2.75) is 56.4 Å². The highest BCUT2D eigenvalue weighted by molar-refractivity contribution is 7.99. The lowest BCUT2D eigenvalue weighted by Gasteiger charge is -2.14. The zero-order valence-corrected chi connectivity index (χ0v) is 22.1. The van der Waals surface area contributed by atoms with E-state index in [0.717, 1.165) is 43.2 Å². The van der Waals surface area contributed by atoms with Crippen LogP contribution in [-0.4, -0.2) is 21.6 Å². The highest BCUT2D eigenvalue weighted by Gasteiger charge is 2.21. The Morgan fingerprint density at radius 2 is 1.80 bits per heavy atom. The molecular formula is C28H30ClN3O2S. The Balaban J connectivity index is 1.69. The molecule has 0 amide bonds. The van der Waals surface area contributed by atoms with Crippen molar-refractivity contribution in [2.75, 3.05) is 7.11 Å². The topological polar surface area (TPSA) is 49.2 Å². The van der Waals surface area contributed by atoms with Crippen LogP contribution >= 0.6 is 23.4 Å². The SMILES string of the molecule is COc1ccc(Cn2c(COCc3ccccc3)nc(C(C)C)c2Sc2cc(C)cc(Cl)c2)cn1. The maximum atomic E-state index is 6.37. The van der Waals surface area contributed by atoms with E-state index in [1.54, 1.807) is 18.9 Å². The number of halogens is 1. The van der Waals surface area contributed by atoms with Gasteiger partial charge in [-0.3, -0.25) is 0 Å². The molecule has 4 rings (SSSR count). The van der Waals surface area contributed by atoms with Gasteiger partial charge in [0.25, 0.3) is 0 Å². The molecule has 2 aromatic carbocycles. The van der Waals surface area contributed by atoms with Crippen LogP contribution in [0.3, 0.4) is 0 Å². The van der Waals surface area contributed by atoms with Gasteiger partial charge in [0.05, 0.1) is 26.0 Å². The van der Waals surface area contributed by atoms with Gasteiger partial charge in [-0.15, -0.1) is 0 Å². The number of imidazole rings is 1. The van der Waals surface area contributed by atoms with Gasteiger partial charge in [-0.2, -0.15) is 0 Å². The number of aromatic nitrogens is 3. The molecule has 2 heterocycles. The third-order valence-corrected chi connectivity index (χ3v) is 6.81. The first kappa shape index (κ1) is 25.3. The van der Waals surface area contributed by atoms with Crippen molar-refractivity contribution < 1.29 is 9.47 Å². The normalized spacial score (nSPS) is 11.3. The molecule has 0 saturated carbocycles. The summed E-state index contributed by atoms with van der Waals surface area (Å²) in [5, 5.41) is 1.83. The van der Waals surface area contributed by atoms with Gasteiger partial charge in [-0.25, -0.2) is 9.97 Å². The minimum atomic E-state index is 0.251. The summed E-state index contributed by atoms with van der Waals surface area (Å²) in [6.07, 6.45) is 1.85. The molecule has 0 aliphatic heterocycles. The number of hydrogen-bond donors (Lipinski definition) is 0. The third kappa shape index (κ3) is 6.66. The fourth-order valence-corrected chi connectivity index (χ4v) is 5.45. The van der Waals surface area contributed by atoms with E-state index in [-0.39, 0.29) is 5.92 Å². The average molecular weight is 508 g/mol. The van der Waals surface area contributed by atoms with Crippen molar-refractivity contribution in [3.63, 3.8) is 0 Å². The van der Waals surface area contributed by atoms with Crippen LogP contribution in [0.25, 0.3) is 0 Å². The van der Waals surface area contributed by atoms with Crippen LogP contribution in [0.15, 0.2) is 76.8 Å². The first-order valence-electron chi connectivity index (χ1n) is 11.6. The van der Waals surface area contributed by atoms with Gasteiger partial charge in [0.2, 0.25) is 5.88 Å². The summed E-state index contributed by atoms with van der Waals surface area (Å²) in [4.78, 5) is 10.5. The standard InChI is InChI=1S/C28H30ClN3O2S/c1-19(2)27-28(35-24-13-20(3)12-23(29)14-24)32(16-22-10-11-26(33-4)30-15-22)25(31-27)18-34-17-21-8-6-5-7-9-21/h5-15,19H,16-18H2,1-4H3. The minimum Gasteiger partial charge on any atom is -0.481 e. The second-order valence-electron chi connectivity index (χ2n) is 8.71. The van der Waals surface area contributed by atoms with E-state index in [9.17, 15) is 0 Å². The number of hydrogen-bond acceptors (Lipinski definition) is 5. The zero-order chi connectivity index (χ0) is 24.8. The van der Waals surface area contributed by atoms with E-state index < -0.39 is 0 Å². The van der Waals surface area contributed by atoms with Crippen molar-refractivity contribution in [1.82, 2.24) is 14.5 Å². The number of methoxy groups -OCH3 is 1. The predicted octanol–water partition coefficient (Wildman–Crippen LogP) is 7.29. The molecule has 35 heavy (non-hydrogen) atoms. The summed E-state index contributed by atoms with van der Waals surface area (Å²) in [5.74, 6) is 1.74. The van der Waals surface area contributed by atoms with Crippen LogP contribution in [0.4, 0.5) is 0 Å². The van der Waals surface area contributed by atoms with Crippen LogP contribution in [0.1, 0.15) is 48.0 Å². The number of nitrogens with zero attached hydrogens (tertiary/aromatic N) is 3. The Morgan fingerprint density at radius 3 is 2.46 bits per heavy atom. The molecule has 2 aromatic heterocycles. The summed E-state index contributed by atoms with van der Waals surface area (Å²) in [6, 6.07) is 20.2. The molecule has 0 fully saturated rings. The highest BCUT2D eigenvalue weighted by atomic mass is 35.5. The van der Waals surface area contributed by atoms with Gasteiger partial charge in [0.15, 0.2) is 0 Å². The summed E-state index contributed by atoms with van der Waals surface area (Å²) < 4.78 is 13.6. The van der Waals surface area contributed by atoms with Gasteiger partial charge in [0.1, 0.15) is 17.5 Å². The van der Waals surface area contributed by atoms with E-state index >= 15 is 0 Å². The van der Waals surface area contributed by atoms with Gasteiger partial charge < -0.3 is 14.0 Å². The summed E-state index contributed by atoms with van der Waals surface area (Å²) >= 11 is 8.06. The lowest BCUT2D eigenvalue weighted by atomic mass is 10.1. The fourth-order valence-electron chi connectivity index (χ4n) is 3.77. The molecule has 0 aliphatic rings. The molecule has 4 aromatic rings. The first-order valence-corrected chi connectivity index (χ1v) is 12.8. The Kier molecular flexibility index (Phi) is 8.50. The van der Waals surface area contributed by atoms with Crippen LogP contribution in [-0.2, 0) is 24.5 Å². The lowest BCUT2D eigenvalue weighted by Crippen LogP contribution is -2.09. The van der Waals surface area contributed by atoms with Crippen molar-refractivity contribution in [3.05, 3.63) is 100 Å². The van der Waals surface area contributed by atoms with E-state index in [0.29, 0.717) is 25.6 Å². The van der Waals surface area contributed by atoms with E-state index in [2.05, 4.69) is 48.5 Å². The molecule has 0 saturated heterocycles. The highest BCUT2D eigenvalue weighted by Crippen LogP contribution is 2.37. The molecule has 0 atom stereocenters. The molecule has 0 radical (unpaired) electrons. The summed E-state index contributed by atoms with van der Waals surface area (Å²) in [6.45, 7) is 7.97. The van der Waals surface area contributed by atoms with Crippen molar-refractivity contribution in [3.8, 4) is 5.88 Å². The summed E-state index contributed by atoms with van der Waals surface area (Å²) in [7, 11) is 1.62. The Labute approximate surface area is 216 Å². The van der Waals surface area contributed by atoms with Crippen molar-refractivity contribution in [1.29, 1.82) is 0 Å². The Bertz CT molecular complexity index is 1240. The van der Waals surface area contributed by atoms with E-state index in [1.165, 1.54) is 0 Å². The van der Waals surface area contributed by atoms with Crippen molar-refractivity contribution >= 4 is 23.4 Å². The third-order valence-electron chi connectivity index (χ3n) is 5.49. The smallest absolute Gasteiger partial charge is 0.212 e. The quantitative estimate of drug-likeness (QED) is 0.225. The van der Waals surface area contributed by atoms with Gasteiger partial charge in [-0.05, 0) is 47.7 Å². The molecule has 5 nitrogen and oxygen atoms in total. The summed E-state index contributed by atoms with van der Waals surface area (Å²) in [5.41, 5.74) is 4.38. The molecule has 0 spiro atoms. The predicted molar refractivity (Wildman–Crippen MR) is 141 cm³/mol. The second-order valence-corrected chi connectivity index (χ2v) is 10.2. The molecule has 0 bridgehead atoms. The fraction of sp³-hybridized carbons (Fsp3) is 0.286. The minimum absolute atomic E-state index is 0.251. The Hall–Kier alpha value is -2.80. The van der Waals surface area contributed by atoms with E-state index in [1.807, 2.05) is 48.7 Å². The monoisotopic (exact) mass is 507 g/mol. The number of aryl methyl sites for hydroxylation is 1. The van der Waals surface area contributed by atoms with Crippen LogP contribution in [0.5, 0.6) is 5.88 Å². The molecule has 0 N–H and O–H groups in total. The lowest BCUT2D eigenvalue weighted by molar-refractivity contribution is 0.0991. The maximum absolute atomic E-state index is 6.37.